The Balaban J connectivity index is 1.29. The lowest BCUT2D eigenvalue weighted by molar-refractivity contribution is 0.0304. The zero-order chi connectivity index (χ0) is 23.9. The van der Waals surface area contributed by atoms with Crippen molar-refractivity contribution in [1.29, 1.82) is 0 Å². The number of benzene rings is 1. The highest BCUT2D eigenvalue weighted by atomic mass is 16.5. The van der Waals surface area contributed by atoms with Gasteiger partial charge >= 0.3 is 6.03 Å². The van der Waals surface area contributed by atoms with Crippen LogP contribution < -0.4 is 10.6 Å². The Morgan fingerprint density at radius 2 is 2.00 bits per heavy atom. The van der Waals surface area contributed by atoms with Crippen LogP contribution in [0.4, 0.5) is 10.6 Å². The second kappa shape index (κ2) is 8.79. The fourth-order valence-corrected chi connectivity index (χ4v) is 4.70. The minimum atomic E-state index is -0.301. The third-order valence-corrected chi connectivity index (χ3v) is 6.58. The van der Waals surface area contributed by atoms with E-state index in [0.717, 1.165) is 29.4 Å². The van der Waals surface area contributed by atoms with E-state index in [1.54, 1.807) is 6.07 Å². The quantitative estimate of drug-likeness (QED) is 0.547. The van der Waals surface area contributed by atoms with Gasteiger partial charge in [-0.3, -0.25) is 10.1 Å². The SMILES string of the molecule is CC(C)(C)c1cc(NC(=O)NC2CCc3[nH]c4c(C(=O)N5CCOCC5)cccc4c3C2)no1. The van der Waals surface area contributed by atoms with Crippen molar-refractivity contribution in [3.63, 3.8) is 0 Å². The Morgan fingerprint density at radius 3 is 2.74 bits per heavy atom. The van der Waals surface area contributed by atoms with E-state index in [1.807, 2.05) is 43.9 Å². The van der Waals surface area contributed by atoms with Crippen LogP contribution in [-0.2, 0) is 23.0 Å². The second-order valence-corrected chi connectivity index (χ2v) is 10.1. The summed E-state index contributed by atoms with van der Waals surface area (Å²) in [5.74, 6) is 1.15. The maximum absolute atomic E-state index is 13.1. The molecule has 0 saturated carbocycles. The molecule has 1 fully saturated rings. The van der Waals surface area contributed by atoms with Crippen molar-refractivity contribution in [3.8, 4) is 0 Å². The molecule has 1 unspecified atom stereocenters. The number of hydrogen-bond acceptors (Lipinski definition) is 5. The maximum atomic E-state index is 13.1. The van der Waals surface area contributed by atoms with Gasteiger partial charge in [0.05, 0.1) is 24.3 Å². The van der Waals surface area contributed by atoms with Crippen molar-refractivity contribution in [1.82, 2.24) is 20.4 Å². The summed E-state index contributed by atoms with van der Waals surface area (Å²) in [7, 11) is 0. The lowest BCUT2D eigenvalue weighted by Crippen LogP contribution is -2.41. The topological polar surface area (TPSA) is 112 Å². The third kappa shape index (κ3) is 4.40. The molecule has 2 aromatic heterocycles. The number of anilines is 1. The smallest absolute Gasteiger partial charge is 0.320 e. The second-order valence-electron chi connectivity index (χ2n) is 10.1. The number of morpholine rings is 1. The Morgan fingerprint density at radius 1 is 1.21 bits per heavy atom. The summed E-state index contributed by atoms with van der Waals surface area (Å²) in [6.45, 7) is 8.45. The number of aromatic amines is 1. The molecule has 0 spiro atoms. The predicted molar refractivity (Wildman–Crippen MR) is 128 cm³/mol. The van der Waals surface area contributed by atoms with E-state index in [-0.39, 0.29) is 23.4 Å². The van der Waals surface area contributed by atoms with Gasteiger partial charge in [0.25, 0.3) is 5.91 Å². The molecular weight excluding hydrogens is 434 g/mol. The molecule has 0 bridgehead atoms. The van der Waals surface area contributed by atoms with E-state index in [0.29, 0.717) is 49.9 Å². The van der Waals surface area contributed by atoms with Gasteiger partial charge in [-0.1, -0.05) is 38.1 Å². The highest BCUT2D eigenvalue weighted by molar-refractivity contribution is 6.07. The van der Waals surface area contributed by atoms with Gasteiger partial charge in [-0.25, -0.2) is 4.79 Å². The molecule has 0 radical (unpaired) electrons. The van der Waals surface area contributed by atoms with Crippen LogP contribution in [0.5, 0.6) is 0 Å². The van der Waals surface area contributed by atoms with Crippen LogP contribution >= 0.6 is 0 Å². The molecule has 1 saturated heterocycles. The summed E-state index contributed by atoms with van der Waals surface area (Å²) in [6.07, 6.45) is 2.31. The van der Waals surface area contributed by atoms with Crippen LogP contribution in [0.2, 0.25) is 0 Å². The number of fused-ring (bicyclic) bond motifs is 3. The minimum Gasteiger partial charge on any atom is -0.378 e. The summed E-state index contributed by atoms with van der Waals surface area (Å²) in [4.78, 5) is 31.1. The number of carbonyl (C=O) groups excluding carboxylic acids is 2. The number of nitrogens with one attached hydrogen (secondary N) is 3. The number of para-hydroxylation sites is 1. The molecule has 1 aromatic carbocycles. The van der Waals surface area contributed by atoms with Gasteiger partial charge in [-0.05, 0) is 30.9 Å². The summed E-state index contributed by atoms with van der Waals surface area (Å²) < 4.78 is 10.7. The molecular formula is C25H31N5O4. The molecule has 3 heterocycles. The zero-order valence-corrected chi connectivity index (χ0v) is 19.9. The standard InChI is InChI=1S/C25H31N5O4/c1-25(2,3)20-14-21(29-34-20)28-24(32)26-15-7-8-19-18(13-15)16-5-4-6-17(22(16)27-19)23(31)30-9-11-33-12-10-30/h4-6,14-15,27H,7-13H2,1-3H3,(H2,26,28,29,32). The van der Waals surface area contributed by atoms with Crippen LogP contribution in [0, 0.1) is 0 Å². The minimum absolute atomic E-state index is 0.0147. The first kappa shape index (κ1) is 22.5. The maximum Gasteiger partial charge on any atom is 0.320 e. The fourth-order valence-electron chi connectivity index (χ4n) is 4.70. The van der Waals surface area contributed by atoms with Gasteiger partial charge in [0.1, 0.15) is 5.76 Å². The van der Waals surface area contributed by atoms with Gasteiger partial charge in [-0.15, -0.1) is 0 Å². The van der Waals surface area contributed by atoms with E-state index in [2.05, 4.69) is 20.8 Å². The first-order valence-corrected chi connectivity index (χ1v) is 11.8. The van der Waals surface area contributed by atoms with Crippen LogP contribution in [0.25, 0.3) is 10.9 Å². The van der Waals surface area contributed by atoms with Gasteiger partial charge in [0.15, 0.2) is 5.82 Å². The molecule has 2 aliphatic rings. The van der Waals surface area contributed by atoms with Crippen LogP contribution in [0.1, 0.15) is 54.6 Å². The van der Waals surface area contributed by atoms with Gasteiger partial charge < -0.3 is 24.5 Å². The van der Waals surface area contributed by atoms with E-state index in [1.165, 1.54) is 5.56 Å². The molecule has 180 valence electrons. The van der Waals surface area contributed by atoms with Crippen molar-refractivity contribution in [2.75, 3.05) is 31.6 Å². The lowest BCUT2D eigenvalue weighted by atomic mass is 9.91. The lowest BCUT2D eigenvalue weighted by Gasteiger charge is -2.27. The highest BCUT2D eigenvalue weighted by Crippen LogP contribution is 2.32. The molecule has 3 amide bonds. The van der Waals surface area contributed by atoms with Gasteiger partial charge in [0.2, 0.25) is 0 Å². The summed E-state index contributed by atoms with van der Waals surface area (Å²) in [6, 6.07) is 7.31. The molecule has 1 aliphatic heterocycles. The number of aromatic nitrogens is 2. The van der Waals surface area contributed by atoms with Crippen LogP contribution in [0.3, 0.4) is 0 Å². The Labute approximate surface area is 198 Å². The average molecular weight is 466 g/mol. The average Bonchev–Trinajstić information content (AvgIpc) is 3.43. The summed E-state index contributed by atoms with van der Waals surface area (Å²) in [5, 5.41) is 10.8. The molecule has 1 aliphatic carbocycles. The molecule has 5 rings (SSSR count). The zero-order valence-electron chi connectivity index (χ0n) is 19.9. The predicted octanol–water partition coefficient (Wildman–Crippen LogP) is 3.60. The van der Waals surface area contributed by atoms with Crippen molar-refractivity contribution in [2.24, 2.45) is 0 Å². The number of H-pyrrole nitrogens is 1. The Hall–Kier alpha value is -3.33. The number of carbonyl (C=O) groups is 2. The largest absolute Gasteiger partial charge is 0.378 e. The van der Waals surface area contributed by atoms with Crippen molar-refractivity contribution in [2.45, 2.75) is 51.5 Å². The Bertz CT molecular complexity index is 1220. The molecule has 3 N–H and O–H groups in total. The summed E-state index contributed by atoms with van der Waals surface area (Å²) in [5.41, 5.74) is 3.70. The van der Waals surface area contributed by atoms with E-state index in [9.17, 15) is 9.59 Å². The molecule has 1 atom stereocenters. The number of urea groups is 1. The molecule has 34 heavy (non-hydrogen) atoms. The Kier molecular flexibility index (Phi) is 5.81. The number of rotatable bonds is 3. The number of aryl methyl sites for hydroxylation is 1. The molecule has 9 nitrogen and oxygen atoms in total. The first-order chi connectivity index (χ1) is 16.3. The van der Waals surface area contributed by atoms with E-state index >= 15 is 0 Å². The monoisotopic (exact) mass is 465 g/mol. The van der Waals surface area contributed by atoms with Crippen LogP contribution in [-0.4, -0.2) is 59.3 Å². The molecule has 9 heteroatoms. The number of hydrogen-bond donors (Lipinski definition) is 3. The van der Waals surface area contributed by atoms with Crippen LogP contribution in [0.15, 0.2) is 28.8 Å². The third-order valence-electron chi connectivity index (χ3n) is 6.58. The first-order valence-electron chi connectivity index (χ1n) is 11.8. The summed E-state index contributed by atoms with van der Waals surface area (Å²) >= 11 is 0. The van der Waals surface area contributed by atoms with Crippen molar-refractivity contribution >= 4 is 28.7 Å². The number of nitrogens with zero attached hydrogens (tertiary/aromatic N) is 2. The molecule has 3 aromatic rings. The van der Waals surface area contributed by atoms with Gasteiger partial charge in [0, 0.05) is 41.7 Å². The van der Waals surface area contributed by atoms with E-state index in [4.69, 9.17) is 9.26 Å². The van der Waals surface area contributed by atoms with Gasteiger partial charge in [-0.2, -0.15) is 0 Å². The fraction of sp³-hybridized carbons (Fsp3) is 0.480. The number of amides is 3. The van der Waals surface area contributed by atoms with Crippen molar-refractivity contribution in [3.05, 3.63) is 46.8 Å². The normalized spacial score (nSPS) is 18.6. The highest BCUT2D eigenvalue weighted by Gasteiger charge is 2.27. The van der Waals surface area contributed by atoms with E-state index < -0.39 is 0 Å². The number of ether oxygens (including phenoxy) is 1. The van der Waals surface area contributed by atoms with Crippen molar-refractivity contribution < 1.29 is 18.8 Å².